The first-order valence-corrected chi connectivity index (χ1v) is 6.29. The van der Waals surface area contributed by atoms with Gasteiger partial charge in [0.2, 0.25) is 0 Å². The van der Waals surface area contributed by atoms with E-state index in [0.717, 1.165) is 0 Å². The first-order valence-electron chi connectivity index (χ1n) is 6.29. The number of ether oxygens (including phenoxy) is 1. The zero-order chi connectivity index (χ0) is 15.4. The van der Waals surface area contributed by atoms with Gasteiger partial charge in [0.1, 0.15) is 17.2 Å². The standard InChI is InChI=1S/C15H15F2NO3/c1-9(11-8-10(19)6-7-13(11)20)18-12-4-2-3-5-14(12)21-15(16)17/h2-9,15,18-20H,1H3. The largest absolute Gasteiger partial charge is 0.508 e. The van der Waals surface area contributed by atoms with Crippen LogP contribution in [0.4, 0.5) is 14.5 Å². The molecule has 0 saturated heterocycles. The van der Waals surface area contributed by atoms with Crippen molar-refractivity contribution < 1.29 is 23.7 Å². The van der Waals surface area contributed by atoms with Crippen LogP contribution in [0.1, 0.15) is 18.5 Å². The van der Waals surface area contributed by atoms with Crippen molar-refractivity contribution >= 4 is 5.69 Å². The lowest BCUT2D eigenvalue weighted by molar-refractivity contribution is -0.0493. The summed E-state index contributed by atoms with van der Waals surface area (Å²) in [6.07, 6.45) is 0. The third-order valence-electron chi connectivity index (χ3n) is 2.95. The summed E-state index contributed by atoms with van der Waals surface area (Å²) in [5, 5.41) is 22.2. The van der Waals surface area contributed by atoms with Crippen LogP contribution in [-0.2, 0) is 0 Å². The Balaban J connectivity index is 2.23. The van der Waals surface area contributed by atoms with Crippen molar-refractivity contribution in [1.29, 1.82) is 0 Å². The van der Waals surface area contributed by atoms with Crippen molar-refractivity contribution in [3.63, 3.8) is 0 Å². The Kier molecular flexibility index (Phi) is 4.47. The van der Waals surface area contributed by atoms with Crippen LogP contribution in [0.2, 0.25) is 0 Å². The van der Waals surface area contributed by atoms with Crippen LogP contribution in [0.5, 0.6) is 17.2 Å². The number of anilines is 1. The Morgan fingerprint density at radius 2 is 1.81 bits per heavy atom. The molecule has 0 fully saturated rings. The van der Waals surface area contributed by atoms with Gasteiger partial charge in [-0.25, -0.2) is 0 Å². The second-order valence-electron chi connectivity index (χ2n) is 4.48. The smallest absolute Gasteiger partial charge is 0.387 e. The Bertz CT molecular complexity index is 620. The summed E-state index contributed by atoms with van der Waals surface area (Å²) in [5.74, 6) is 0.0209. The zero-order valence-corrected chi connectivity index (χ0v) is 11.3. The van der Waals surface area contributed by atoms with Crippen LogP contribution in [0.3, 0.4) is 0 Å². The summed E-state index contributed by atoms with van der Waals surface area (Å²) in [6, 6.07) is 9.99. The lowest BCUT2D eigenvalue weighted by Crippen LogP contribution is -2.10. The SMILES string of the molecule is CC(Nc1ccccc1OC(F)F)c1cc(O)ccc1O. The van der Waals surface area contributed by atoms with E-state index in [4.69, 9.17) is 0 Å². The number of aromatic hydroxyl groups is 2. The molecule has 0 aliphatic rings. The van der Waals surface area contributed by atoms with Crippen molar-refractivity contribution in [3.05, 3.63) is 48.0 Å². The van der Waals surface area contributed by atoms with E-state index in [1.807, 2.05) is 0 Å². The summed E-state index contributed by atoms with van der Waals surface area (Å²) >= 11 is 0. The van der Waals surface area contributed by atoms with Crippen molar-refractivity contribution in [3.8, 4) is 17.2 Å². The average Bonchev–Trinajstić information content (AvgIpc) is 2.43. The molecule has 0 saturated carbocycles. The molecule has 1 atom stereocenters. The highest BCUT2D eigenvalue weighted by atomic mass is 19.3. The zero-order valence-electron chi connectivity index (χ0n) is 11.3. The van der Waals surface area contributed by atoms with Gasteiger partial charge >= 0.3 is 6.61 Å². The maximum Gasteiger partial charge on any atom is 0.387 e. The third kappa shape index (κ3) is 3.75. The quantitative estimate of drug-likeness (QED) is 0.733. The predicted molar refractivity (Wildman–Crippen MR) is 74.9 cm³/mol. The number of rotatable bonds is 5. The van der Waals surface area contributed by atoms with E-state index in [0.29, 0.717) is 11.3 Å². The van der Waals surface area contributed by atoms with Crippen LogP contribution in [0, 0.1) is 0 Å². The minimum atomic E-state index is -2.92. The second-order valence-corrected chi connectivity index (χ2v) is 4.48. The minimum absolute atomic E-state index is 0.0000547. The molecule has 6 heteroatoms. The number of benzene rings is 2. The van der Waals surface area contributed by atoms with Crippen LogP contribution >= 0.6 is 0 Å². The molecule has 0 amide bonds. The molecule has 2 rings (SSSR count). The first-order chi connectivity index (χ1) is 9.97. The molecule has 0 radical (unpaired) electrons. The minimum Gasteiger partial charge on any atom is -0.508 e. The number of halogens is 2. The third-order valence-corrected chi connectivity index (χ3v) is 2.95. The molecular formula is C15H15F2NO3. The van der Waals surface area contributed by atoms with Gasteiger partial charge in [0.05, 0.1) is 11.7 Å². The van der Waals surface area contributed by atoms with E-state index >= 15 is 0 Å². The van der Waals surface area contributed by atoms with E-state index in [1.54, 1.807) is 25.1 Å². The summed E-state index contributed by atoms with van der Waals surface area (Å²) in [7, 11) is 0. The van der Waals surface area contributed by atoms with Crippen molar-refractivity contribution in [2.24, 2.45) is 0 Å². The van der Waals surface area contributed by atoms with Gasteiger partial charge in [-0.05, 0) is 37.3 Å². The fraction of sp³-hybridized carbons (Fsp3) is 0.200. The van der Waals surface area contributed by atoms with E-state index < -0.39 is 12.7 Å². The van der Waals surface area contributed by atoms with Crippen molar-refractivity contribution in [2.75, 3.05) is 5.32 Å². The maximum atomic E-state index is 12.4. The van der Waals surface area contributed by atoms with Gasteiger partial charge < -0.3 is 20.3 Å². The number of hydrogen-bond acceptors (Lipinski definition) is 4. The topological polar surface area (TPSA) is 61.7 Å². The molecule has 3 N–H and O–H groups in total. The van der Waals surface area contributed by atoms with Crippen LogP contribution in [0.25, 0.3) is 0 Å². The molecular weight excluding hydrogens is 280 g/mol. The number of phenolic OH excluding ortho intramolecular Hbond substituents is 2. The molecule has 2 aromatic carbocycles. The average molecular weight is 295 g/mol. The molecule has 2 aromatic rings. The first kappa shape index (κ1) is 14.9. The number of nitrogens with one attached hydrogen (secondary N) is 1. The number of hydrogen-bond donors (Lipinski definition) is 3. The van der Waals surface area contributed by atoms with Crippen LogP contribution in [0.15, 0.2) is 42.5 Å². The number of para-hydroxylation sites is 2. The summed E-state index contributed by atoms with van der Waals surface area (Å²) < 4.78 is 29.1. The number of phenols is 2. The van der Waals surface area contributed by atoms with E-state index in [-0.39, 0.29) is 17.2 Å². The van der Waals surface area contributed by atoms with Crippen molar-refractivity contribution in [1.82, 2.24) is 0 Å². The summed E-state index contributed by atoms with van der Waals surface area (Å²) in [6.45, 7) is -1.19. The van der Waals surface area contributed by atoms with Crippen molar-refractivity contribution in [2.45, 2.75) is 19.6 Å². The molecule has 0 aliphatic carbocycles. The van der Waals surface area contributed by atoms with Gasteiger partial charge in [0.25, 0.3) is 0 Å². The molecule has 0 aliphatic heterocycles. The normalized spacial score (nSPS) is 12.2. The number of alkyl halides is 2. The van der Waals surface area contributed by atoms with E-state index in [1.165, 1.54) is 24.3 Å². The fourth-order valence-electron chi connectivity index (χ4n) is 1.98. The maximum absolute atomic E-state index is 12.4. The highest BCUT2D eigenvalue weighted by Crippen LogP contribution is 2.33. The predicted octanol–water partition coefficient (Wildman–Crippen LogP) is 3.87. The van der Waals surface area contributed by atoms with Gasteiger partial charge in [-0.15, -0.1) is 0 Å². The monoisotopic (exact) mass is 295 g/mol. The van der Waals surface area contributed by atoms with Gasteiger partial charge in [-0.2, -0.15) is 8.78 Å². The van der Waals surface area contributed by atoms with E-state index in [9.17, 15) is 19.0 Å². The molecule has 0 aromatic heterocycles. The van der Waals surface area contributed by atoms with Gasteiger partial charge in [-0.1, -0.05) is 12.1 Å². The lowest BCUT2D eigenvalue weighted by Gasteiger charge is -2.19. The summed E-state index contributed by atoms with van der Waals surface area (Å²) in [5.41, 5.74) is 0.815. The molecule has 0 bridgehead atoms. The molecule has 1 unspecified atom stereocenters. The van der Waals surface area contributed by atoms with E-state index in [2.05, 4.69) is 10.1 Å². The van der Waals surface area contributed by atoms with Gasteiger partial charge in [-0.3, -0.25) is 0 Å². The van der Waals surface area contributed by atoms with Crippen LogP contribution < -0.4 is 10.1 Å². The van der Waals surface area contributed by atoms with Gasteiger partial charge in [0, 0.05) is 5.56 Å². The lowest BCUT2D eigenvalue weighted by atomic mass is 10.1. The Morgan fingerprint density at radius 1 is 1.10 bits per heavy atom. The molecule has 21 heavy (non-hydrogen) atoms. The highest BCUT2D eigenvalue weighted by Gasteiger charge is 2.15. The van der Waals surface area contributed by atoms with Gasteiger partial charge in [0.15, 0.2) is 0 Å². The fourth-order valence-corrected chi connectivity index (χ4v) is 1.98. The highest BCUT2D eigenvalue weighted by molar-refractivity contribution is 5.58. The second kappa shape index (κ2) is 6.30. The summed E-state index contributed by atoms with van der Waals surface area (Å²) in [4.78, 5) is 0. The molecule has 4 nitrogen and oxygen atoms in total. The Labute approximate surface area is 120 Å². The van der Waals surface area contributed by atoms with Crippen LogP contribution in [-0.4, -0.2) is 16.8 Å². The Morgan fingerprint density at radius 3 is 2.52 bits per heavy atom. The molecule has 0 spiro atoms. The Hall–Kier alpha value is -2.50. The molecule has 112 valence electrons. The molecule has 0 heterocycles.